The molecule has 0 heterocycles. The lowest BCUT2D eigenvalue weighted by Gasteiger charge is -2.18. The van der Waals surface area contributed by atoms with Crippen molar-refractivity contribution in [1.29, 1.82) is 0 Å². The van der Waals surface area contributed by atoms with Gasteiger partial charge in [-0.2, -0.15) is 0 Å². The Morgan fingerprint density at radius 3 is 2.05 bits per heavy atom. The maximum Gasteiger partial charge on any atom is 0.0500 e. The molecule has 0 bridgehead atoms. The van der Waals surface area contributed by atoms with E-state index in [1.165, 1.54) is 27.8 Å². The van der Waals surface area contributed by atoms with Crippen LogP contribution in [-0.4, -0.2) is 0 Å². The molecule has 0 aliphatic heterocycles. The predicted molar refractivity (Wildman–Crippen MR) is 90.2 cm³/mol. The SMILES string of the molecule is Cc1ccc(CC(NN)c2ccc(C(C)C)cc2)cc1C. The van der Waals surface area contributed by atoms with E-state index in [1.807, 2.05) is 0 Å². The molecule has 0 saturated heterocycles. The van der Waals surface area contributed by atoms with Gasteiger partial charge >= 0.3 is 0 Å². The largest absolute Gasteiger partial charge is 0.271 e. The molecule has 2 aromatic carbocycles. The quantitative estimate of drug-likeness (QED) is 0.638. The Bertz CT molecular complexity index is 585. The number of benzene rings is 2. The normalized spacial score (nSPS) is 12.7. The first-order valence-electron chi connectivity index (χ1n) is 7.63. The number of hydrogen-bond donors (Lipinski definition) is 2. The van der Waals surface area contributed by atoms with E-state index in [0.717, 1.165) is 6.42 Å². The second kappa shape index (κ2) is 6.88. The third kappa shape index (κ3) is 3.93. The Labute approximate surface area is 128 Å². The van der Waals surface area contributed by atoms with Gasteiger partial charge in [-0.05, 0) is 54.0 Å². The monoisotopic (exact) mass is 282 g/mol. The number of aryl methyl sites for hydroxylation is 2. The van der Waals surface area contributed by atoms with E-state index in [2.05, 4.69) is 75.6 Å². The van der Waals surface area contributed by atoms with Crippen molar-refractivity contribution in [1.82, 2.24) is 5.43 Å². The summed E-state index contributed by atoms with van der Waals surface area (Å²) in [4.78, 5) is 0. The van der Waals surface area contributed by atoms with Gasteiger partial charge in [0.25, 0.3) is 0 Å². The Morgan fingerprint density at radius 2 is 1.52 bits per heavy atom. The standard InChI is InChI=1S/C19H26N2/c1-13(2)17-7-9-18(10-8-17)19(21-20)12-16-6-5-14(3)15(4)11-16/h5-11,13,19,21H,12,20H2,1-4H3. The van der Waals surface area contributed by atoms with Crippen molar-refractivity contribution >= 4 is 0 Å². The minimum absolute atomic E-state index is 0.147. The summed E-state index contributed by atoms with van der Waals surface area (Å²) in [5.41, 5.74) is 9.52. The summed E-state index contributed by atoms with van der Waals surface area (Å²) in [5.74, 6) is 6.33. The zero-order chi connectivity index (χ0) is 15.4. The average Bonchev–Trinajstić information content (AvgIpc) is 2.48. The van der Waals surface area contributed by atoms with Gasteiger partial charge in [-0.25, -0.2) is 0 Å². The molecule has 2 nitrogen and oxygen atoms in total. The van der Waals surface area contributed by atoms with Crippen LogP contribution in [0.15, 0.2) is 42.5 Å². The summed E-state index contributed by atoms with van der Waals surface area (Å²) in [6.45, 7) is 8.72. The number of rotatable bonds is 5. The molecule has 0 spiro atoms. The molecule has 1 unspecified atom stereocenters. The molecule has 3 N–H and O–H groups in total. The Morgan fingerprint density at radius 1 is 0.905 bits per heavy atom. The first kappa shape index (κ1) is 15.7. The first-order chi connectivity index (χ1) is 10.0. The van der Waals surface area contributed by atoms with Gasteiger partial charge in [-0.3, -0.25) is 11.3 Å². The van der Waals surface area contributed by atoms with Gasteiger partial charge in [0.2, 0.25) is 0 Å². The molecule has 0 aliphatic rings. The van der Waals surface area contributed by atoms with Crippen molar-refractivity contribution in [2.45, 2.75) is 46.1 Å². The zero-order valence-corrected chi connectivity index (χ0v) is 13.5. The van der Waals surface area contributed by atoms with Crippen LogP contribution in [0, 0.1) is 13.8 Å². The third-order valence-electron chi connectivity index (χ3n) is 4.22. The van der Waals surface area contributed by atoms with Crippen LogP contribution in [0.1, 0.15) is 53.6 Å². The van der Waals surface area contributed by atoms with E-state index in [9.17, 15) is 0 Å². The molecule has 0 fully saturated rings. The summed E-state index contributed by atoms with van der Waals surface area (Å²) < 4.78 is 0. The molecule has 2 heteroatoms. The van der Waals surface area contributed by atoms with Crippen molar-refractivity contribution in [3.8, 4) is 0 Å². The van der Waals surface area contributed by atoms with Crippen LogP contribution in [0.4, 0.5) is 0 Å². The van der Waals surface area contributed by atoms with E-state index in [0.29, 0.717) is 5.92 Å². The lowest BCUT2D eigenvalue weighted by atomic mass is 9.95. The summed E-state index contributed by atoms with van der Waals surface area (Å²) in [5, 5.41) is 0. The van der Waals surface area contributed by atoms with Crippen LogP contribution in [0.5, 0.6) is 0 Å². The summed E-state index contributed by atoms with van der Waals surface area (Å²) in [7, 11) is 0. The average molecular weight is 282 g/mol. The van der Waals surface area contributed by atoms with Crippen LogP contribution < -0.4 is 11.3 Å². The molecule has 0 saturated carbocycles. The fourth-order valence-corrected chi connectivity index (χ4v) is 2.55. The van der Waals surface area contributed by atoms with Crippen LogP contribution in [-0.2, 0) is 6.42 Å². The van der Waals surface area contributed by atoms with Gasteiger partial charge in [0, 0.05) is 6.04 Å². The Hall–Kier alpha value is -1.64. The highest BCUT2D eigenvalue weighted by Gasteiger charge is 2.11. The minimum atomic E-state index is 0.147. The number of hydrogen-bond acceptors (Lipinski definition) is 2. The van der Waals surface area contributed by atoms with Crippen LogP contribution in [0.2, 0.25) is 0 Å². The fourth-order valence-electron chi connectivity index (χ4n) is 2.55. The Kier molecular flexibility index (Phi) is 5.16. The highest BCUT2D eigenvalue weighted by molar-refractivity contribution is 5.32. The highest BCUT2D eigenvalue weighted by Crippen LogP contribution is 2.22. The molecular weight excluding hydrogens is 256 g/mol. The van der Waals surface area contributed by atoms with E-state index < -0.39 is 0 Å². The molecule has 1 atom stereocenters. The molecule has 21 heavy (non-hydrogen) atoms. The van der Waals surface area contributed by atoms with E-state index in [1.54, 1.807) is 0 Å². The van der Waals surface area contributed by atoms with E-state index in [4.69, 9.17) is 5.84 Å². The lowest BCUT2D eigenvalue weighted by molar-refractivity contribution is 0.551. The van der Waals surface area contributed by atoms with E-state index in [-0.39, 0.29) is 6.04 Å². The second-order valence-electron chi connectivity index (χ2n) is 6.16. The Balaban J connectivity index is 2.17. The number of nitrogens with one attached hydrogen (secondary N) is 1. The van der Waals surface area contributed by atoms with Crippen molar-refractivity contribution in [2.75, 3.05) is 0 Å². The number of hydrazine groups is 1. The topological polar surface area (TPSA) is 38.0 Å². The van der Waals surface area contributed by atoms with Crippen molar-refractivity contribution < 1.29 is 0 Å². The second-order valence-corrected chi connectivity index (χ2v) is 6.16. The molecule has 0 amide bonds. The zero-order valence-electron chi connectivity index (χ0n) is 13.5. The number of nitrogens with two attached hydrogens (primary N) is 1. The van der Waals surface area contributed by atoms with Gasteiger partial charge < -0.3 is 0 Å². The highest BCUT2D eigenvalue weighted by atomic mass is 15.2. The van der Waals surface area contributed by atoms with Gasteiger partial charge in [0.15, 0.2) is 0 Å². The third-order valence-corrected chi connectivity index (χ3v) is 4.22. The van der Waals surface area contributed by atoms with Crippen molar-refractivity contribution in [2.24, 2.45) is 5.84 Å². The maximum atomic E-state index is 5.77. The smallest absolute Gasteiger partial charge is 0.0500 e. The van der Waals surface area contributed by atoms with Crippen molar-refractivity contribution in [3.63, 3.8) is 0 Å². The van der Waals surface area contributed by atoms with Crippen LogP contribution in [0.3, 0.4) is 0 Å². The summed E-state index contributed by atoms with van der Waals surface area (Å²) in [6.07, 6.45) is 0.901. The van der Waals surface area contributed by atoms with Crippen LogP contribution >= 0.6 is 0 Å². The molecule has 2 rings (SSSR count). The van der Waals surface area contributed by atoms with Crippen molar-refractivity contribution in [3.05, 3.63) is 70.3 Å². The van der Waals surface area contributed by atoms with Gasteiger partial charge in [0.1, 0.15) is 0 Å². The van der Waals surface area contributed by atoms with Gasteiger partial charge in [0.05, 0.1) is 0 Å². The molecule has 0 aromatic heterocycles. The molecule has 2 aromatic rings. The van der Waals surface area contributed by atoms with Crippen LogP contribution in [0.25, 0.3) is 0 Å². The molecule has 112 valence electrons. The van der Waals surface area contributed by atoms with E-state index >= 15 is 0 Å². The predicted octanol–water partition coefficient (Wildman–Crippen LogP) is 4.17. The minimum Gasteiger partial charge on any atom is -0.271 e. The fraction of sp³-hybridized carbons (Fsp3) is 0.368. The summed E-state index contributed by atoms with van der Waals surface area (Å²) in [6, 6.07) is 15.5. The van der Waals surface area contributed by atoms with Gasteiger partial charge in [-0.15, -0.1) is 0 Å². The lowest BCUT2D eigenvalue weighted by Crippen LogP contribution is -2.29. The first-order valence-corrected chi connectivity index (χ1v) is 7.63. The summed E-state index contributed by atoms with van der Waals surface area (Å²) >= 11 is 0. The van der Waals surface area contributed by atoms with Gasteiger partial charge in [-0.1, -0.05) is 56.3 Å². The molecule has 0 aliphatic carbocycles. The molecular formula is C19H26N2. The molecule has 0 radical (unpaired) electrons. The maximum absolute atomic E-state index is 5.77.